The molecule has 1 aromatic rings. The van der Waals surface area contributed by atoms with Crippen molar-refractivity contribution < 1.29 is 27.5 Å². The van der Waals surface area contributed by atoms with Crippen molar-refractivity contribution in [2.75, 3.05) is 19.7 Å². The summed E-state index contributed by atoms with van der Waals surface area (Å²) in [5.41, 5.74) is 0.166. The minimum atomic E-state index is -3.68. The number of benzene rings is 1. The second-order valence-corrected chi connectivity index (χ2v) is 7.72. The smallest absolute Gasteiger partial charge is 0.338 e. The first-order chi connectivity index (χ1) is 12.3. The third kappa shape index (κ3) is 5.52. The van der Waals surface area contributed by atoms with E-state index in [1.165, 1.54) is 31.2 Å². The molecule has 0 saturated carbocycles. The largest absolute Gasteiger partial charge is 0.449 e. The quantitative estimate of drug-likeness (QED) is 0.642. The number of hydrogen-bond donors (Lipinski definition) is 2. The summed E-state index contributed by atoms with van der Waals surface area (Å²) in [5, 5.41) is 2.55. The van der Waals surface area contributed by atoms with Crippen molar-refractivity contribution in [3.05, 3.63) is 29.8 Å². The fourth-order valence-corrected chi connectivity index (χ4v) is 3.53. The van der Waals surface area contributed by atoms with Crippen molar-refractivity contribution in [2.45, 2.75) is 43.8 Å². The van der Waals surface area contributed by atoms with Crippen LogP contribution in [0.15, 0.2) is 29.2 Å². The van der Waals surface area contributed by atoms with Gasteiger partial charge in [0.1, 0.15) is 0 Å². The van der Waals surface area contributed by atoms with Gasteiger partial charge in [0.25, 0.3) is 5.91 Å². The average Bonchev–Trinajstić information content (AvgIpc) is 3.14. The second kappa shape index (κ2) is 9.11. The summed E-state index contributed by atoms with van der Waals surface area (Å²) < 4.78 is 37.5. The van der Waals surface area contributed by atoms with E-state index in [0.29, 0.717) is 13.2 Å². The first-order valence-corrected chi connectivity index (χ1v) is 10.0. The molecule has 9 heteroatoms. The highest BCUT2D eigenvalue weighted by Gasteiger charge is 2.22. The van der Waals surface area contributed by atoms with Gasteiger partial charge in [-0.1, -0.05) is 0 Å². The van der Waals surface area contributed by atoms with Crippen LogP contribution in [0.2, 0.25) is 0 Å². The monoisotopic (exact) mass is 384 g/mol. The van der Waals surface area contributed by atoms with Crippen LogP contribution in [-0.4, -0.2) is 52.2 Å². The molecule has 144 valence electrons. The number of carbonyl (C=O) groups is 2. The molecule has 1 aromatic carbocycles. The number of sulfonamides is 1. The van der Waals surface area contributed by atoms with Gasteiger partial charge in [-0.3, -0.25) is 4.79 Å². The SMILES string of the molecule is CCNC(=O)[C@H](C)OC(=O)c1ccc(S(=O)(=O)NC[C@@H]2CCCO2)cc1. The first-order valence-electron chi connectivity index (χ1n) is 8.53. The Kier molecular flexibility index (Phi) is 7.13. The summed E-state index contributed by atoms with van der Waals surface area (Å²) in [5.74, 6) is -1.08. The topological polar surface area (TPSA) is 111 Å². The molecule has 26 heavy (non-hydrogen) atoms. The maximum atomic E-state index is 12.3. The Morgan fingerprint density at radius 1 is 1.31 bits per heavy atom. The van der Waals surface area contributed by atoms with Gasteiger partial charge in [0.2, 0.25) is 10.0 Å². The number of amides is 1. The van der Waals surface area contributed by atoms with Crippen LogP contribution in [0.4, 0.5) is 0 Å². The van der Waals surface area contributed by atoms with Crippen LogP contribution >= 0.6 is 0 Å². The van der Waals surface area contributed by atoms with Crippen LogP contribution in [0.3, 0.4) is 0 Å². The Balaban J connectivity index is 1.95. The highest BCUT2D eigenvalue weighted by molar-refractivity contribution is 7.89. The highest BCUT2D eigenvalue weighted by Crippen LogP contribution is 2.14. The molecule has 1 saturated heterocycles. The molecule has 0 spiro atoms. The molecule has 8 nitrogen and oxygen atoms in total. The summed E-state index contributed by atoms with van der Waals surface area (Å²) in [4.78, 5) is 23.7. The van der Waals surface area contributed by atoms with E-state index < -0.39 is 28.0 Å². The summed E-state index contributed by atoms with van der Waals surface area (Å²) in [6.07, 6.45) is 0.725. The number of nitrogens with one attached hydrogen (secondary N) is 2. The molecule has 0 radical (unpaired) electrons. The number of carbonyl (C=O) groups excluding carboxylic acids is 2. The Morgan fingerprint density at radius 3 is 2.58 bits per heavy atom. The van der Waals surface area contributed by atoms with E-state index in [4.69, 9.17) is 9.47 Å². The molecule has 1 aliphatic rings. The van der Waals surface area contributed by atoms with E-state index in [1.807, 2.05) is 0 Å². The van der Waals surface area contributed by atoms with Crippen LogP contribution < -0.4 is 10.0 Å². The van der Waals surface area contributed by atoms with Crippen LogP contribution in [0, 0.1) is 0 Å². The molecule has 1 fully saturated rings. The minimum absolute atomic E-state index is 0.0452. The van der Waals surface area contributed by atoms with E-state index in [9.17, 15) is 18.0 Å². The number of ether oxygens (including phenoxy) is 2. The predicted molar refractivity (Wildman–Crippen MR) is 94.2 cm³/mol. The van der Waals surface area contributed by atoms with Crippen LogP contribution in [0.5, 0.6) is 0 Å². The molecule has 0 aromatic heterocycles. The zero-order valence-corrected chi connectivity index (χ0v) is 15.7. The number of likely N-dealkylation sites (N-methyl/N-ethyl adjacent to an activating group) is 1. The Bertz CT molecular complexity index is 726. The summed E-state index contributed by atoms with van der Waals surface area (Å²) in [6.45, 7) is 4.54. The van der Waals surface area contributed by atoms with Crippen molar-refractivity contribution in [1.82, 2.24) is 10.0 Å². The second-order valence-electron chi connectivity index (χ2n) is 5.95. The molecule has 1 amide bonds. The van der Waals surface area contributed by atoms with Gasteiger partial charge in [0, 0.05) is 19.7 Å². The third-order valence-electron chi connectivity index (χ3n) is 3.93. The van der Waals surface area contributed by atoms with Crippen LogP contribution in [0.1, 0.15) is 37.0 Å². The van der Waals surface area contributed by atoms with E-state index in [2.05, 4.69) is 10.0 Å². The zero-order valence-electron chi connectivity index (χ0n) is 14.9. The van der Waals surface area contributed by atoms with Crippen molar-refractivity contribution in [3.8, 4) is 0 Å². The molecule has 0 aliphatic carbocycles. The molecule has 0 unspecified atom stereocenters. The fourth-order valence-electron chi connectivity index (χ4n) is 2.46. The molecule has 2 rings (SSSR count). The normalized spacial score (nSPS) is 18.3. The standard InChI is InChI=1S/C17H24N2O6S/c1-3-18-16(20)12(2)25-17(21)13-6-8-15(9-7-13)26(22,23)19-11-14-5-4-10-24-14/h6-9,12,14,19H,3-5,10-11H2,1-2H3,(H,18,20)/t12-,14-/m0/s1. The van der Waals surface area contributed by atoms with Gasteiger partial charge in [-0.2, -0.15) is 0 Å². The average molecular weight is 384 g/mol. The maximum absolute atomic E-state index is 12.3. The van der Waals surface area contributed by atoms with Crippen molar-refractivity contribution in [3.63, 3.8) is 0 Å². The third-order valence-corrected chi connectivity index (χ3v) is 5.37. The Morgan fingerprint density at radius 2 is 2.00 bits per heavy atom. The maximum Gasteiger partial charge on any atom is 0.338 e. The molecular weight excluding hydrogens is 360 g/mol. The number of hydrogen-bond acceptors (Lipinski definition) is 6. The Hall–Kier alpha value is -1.97. The van der Waals surface area contributed by atoms with Gasteiger partial charge in [0.15, 0.2) is 6.10 Å². The molecular formula is C17H24N2O6S. The summed E-state index contributed by atoms with van der Waals surface area (Å²) >= 11 is 0. The molecule has 2 atom stereocenters. The number of rotatable bonds is 8. The first kappa shape index (κ1) is 20.3. The highest BCUT2D eigenvalue weighted by atomic mass is 32.2. The van der Waals surface area contributed by atoms with Crippen molar-refractivity contribution >= 4 is 21.9 Å². The summed E-state index contributed by atoms with van der Waals surface area (Å²) in [6, 6.07) is 5.36. The molecule has 1 aliphatic heterocycles. The van der Waals surface area contributed by atoms with Gasteiger partial charge in [0.05, 0.1) is 16.6 Å². The van der Waals surface area contributed by atoms with E-state index >= 15 is 0 Å². The van der Waals surface area contributed by atoms with Crippen LogP contribution in [0.25, 0.3) is 0 Å². The van der Waals surface area contributed by atoms with Gasteiger partial charge in [-0.15, -0.1) is 0 Å². The lowest BCUT2D eigenvalue weighted by Gasteiger charge is -2.13. The summed E-state index contributed by atoms with van der Waals surface area (Å²) in [7, 11) is -3.68. The van der Waals surface area contributed by atoms with Crippen molar-refractivity contribution in [1.29, 1.82) is 0 Å². The van der Waals surface area contributed by atoms with Gasteiger partial charge in [-0.05, 0) is 51.0 Å². The van der Waals surface area contributed by atoms with E-state index in [1.54, 1.807) is 6.92 Å². The van der Waals surface area contributed by atoms with E-state index in [0.717, 1.165) is 12.8 Å². The van der Waals surface area contributed by atoms with Crippen LogP contribution in [-0.2, 0) is 24.3 Å². The lowest BCUT2D eigenvalue weighted by Crippen LogP contribution is -2.35. The fraction of sp³-hybridized carbons (Fsp3) is 0.529. The van der Waals surface area contributed by atoms with Gasteiger partial charge >= 0.3 is 5.97 Å². The lowest BCUT2D eigenvalue weighted by atomic mass is 10.2. The van der Waals surface area contributed by atoms with Gasteiger partial charge < -0.3 is 14.8 Å². The van der Waals surface area contributed by atoms with Gasteiger partial charge in [-0.25, -0.2) is 17.9 Å². The minimum Gasteiger partial charge on any atom is -0.449 e. The Labute approximate surface area is 153 Å². The molecule has 2 N–H and O–H groups in total. The van der Waals surface area contributed by atoms with E-state index in [-0.39, 0.29) is 23.1 Å². The van der Waals surface area contributed by atoms with Crippen molar-refractivity contribution in [2.24, 2.45) is 0 Å². The zero-order chi connectivity index (χ0) is 19.2. The molecule has 0 bridgehead atoms. The number of esters is 1. The predicted octanol–water partition coefficient (Wildman–Crippen LogP) is 0.825. The lowest BCUT2D eigenvalue weighted by molar-refractivity contribution is -0.128. The molecule has 1 heterocycles.